The first kappa shape index (κ1) is 19.8. The van der Waals surface area contributed by atoms with Crippen molar-refractivity contribution in [2.45, 2.75) is 32.2 Å². The summed E-state index contributed by atoms with van der Waals surface area (Å²) >= 11 is 0. The van der Waals surface area contributed by atoms with Crippen molar-refractivity contribution >= 4 is 35.8 Å². The zero-order chi connectivity index (χ0) is 16.9. The molecule has 2 aliphatic rings. The van der Waals surface area contributed by atoms with Crippen molar-refractivity contribution in [2.24, 2.45) is 16.6 Å². The number of fused-ring (bicyclic) bond motifs is 1. The summed E-state index contributed by atoms with van der Waals surface area (Å²) in [6.45, 7) is 4.74. The Kier molecular flexibility index (Phi) is 7.34. The molecule has 2 unspecified atom stereocenters. The Morgan fingerprint density at radius 1 is 1.40 bits per heavy atom. The normalized spacial score (nSPS) is 23.1. The van der Waals surface area contributed by atoms with E-state index in [1.165, 1.54) is 6.42 Å². The summed E-state index contributed by atoms with van der Waals surface area (Å²) in [4.78, 5) is 18.6. The first-order valence-electron chi connectivity index (χ1n) is 8.69. The van der Waals surface area contributed by atoms with Gasteiger partial charge in [0.05, 0.1) is 12.6 Å². The van der Waals surface area contributed by atoms with E-state index >= 15 is 0 Å². The van der Waals surface area contributed by atoms with Gasteiger partial charge in [-0.2, -0.15) is 0 Å². The first-order chi connectivity index (χ1) is 11.6. The summed E-state index contributed by atoms with van der Waals surface area (Å²) in [7, 11) is 0. The summed E-state index contributed by atoms with van der Waals surface area (Å²) in [5.74, 6) is 1.84. The van der Waals surface area contributed by atoms with Gasteiger partial charge in [-0.1, -0.05) is 25.1 Å². The quantitative estimate of drug-likeness (QED) is 0.414. The van der Waals surface area contributed by atoms with Crippen LogP contribution < -0.4 is 15.8 Å². The Balaban J connectivity index is 0.00000225. The van der Waals surface area contributed by atoms with Gasteiger partial charge in [-0.25, -0.2) is 4.99 Å². The molecule has 0 saturated carbocycles. The maximum atomic E-state index is 12.2. The van der Waals surface area contributed by atoms with Crippen molar-refractivity contribution in [3.8, 4) is 5.75 Å². The van der Waals surface area contributed by atoms with Gasteiger partial charge in [0.15, 0.2) is 5.96 Å². The molecule has 0 radical (unpaired) electrons. The molecule has 0 aromatic heterocycles. The third-order valence-electron chi connectivity index (χ3n) is 4.66. The molecule has 2 aliphatic heterocycles. The number of likely N-dealkylation sites (tertiary alicyclic amines) is 1. The number of hydrogen-bond acceptors (Lipinski definition) is 3. The number of rotatable bonds is 3. The molecular weight excluding hydrogens is 431 g/mol. The van der Waals surface area contributed by atoms with E-state index in [9.17, 15) is 4.79 Å². The fourth-order valence-corrected chi connectivity index (χ4v) is 3.38. The molecule has 0 spiro atoms. The number of nitrogens with zero attached hydrogens (tertiary/aromatic N) is 2. The van der Waals surface area contributed by atoms with E-state index in [2.05, 4.69) is 22.1 Å². The highest BCUT2D eigenvalue weighted by Gasteiger charge is 2.23. The van der Waals surface area contributed by atoms with Gasteiger partial charge in [0.2, 0.25) is 5.91 Å². The highest BCUT2D eigenvalue weighted by atomic mass is 127. The molecule has 1 aromatic carbocycles. The fourth-order valence-electron chi connectivity index (χ4n) is 3.38. The van der Waals surface area contributed by atoms with Gasteiger partial charge in [0.25, 0.3) is 0 Å². The lowest BCUT2D eigenvalue weighted by molar-refractivity contribution is -0.120. The second-order valence-corrected chi connectivity index (χ2v) is 6.66. The van der Waals surface area contributed by atoms with Gasteiger partial charge < -0.3 is 20.7 Å². The number of ether oxygens (including phenoxy) is 1. The van der Waals surface area contributed by atoms with Crippen molar-refractivity contribution in [1.29, 1.82) is 0 Å². The standard InChI is InChI=1S/C18H26N4O2.HI/c1-13-5-4-9-22(12-13)18(19)20-11-17(23)21-15-8-10-24-16-7-3-2-6-14(15)16;/h2-3,6-7,13,15H,4-5,8-12H2,1H3,(H2,19,20)(H,21,23);1H. The van der Waals surface area contributed by atoms with Crippen LogP contribution >= 0.6 is 24.0 Å². The number of piperidine rings is 1. The maximum absolute atomic E-state index is 12.2. The van der Waals surface area contributed by atoms with E-state index in [0.29, 0.717) is 18.5 Å². The minimum atomic E-state index is -0.107. The lowest BCUT2D eigenvalue weighted by atomic mass is 10.0. The van der Waals surface area contributed by atoms with Crippen molar-refractivity contribution in [3.05, 3.63) is 29.8 Å². The van der Waals surface area contributed by atoms with Crippen molar-refractivity contribution < 1.29 is 9.53 Å². The molecule has 3 N–H and O–H groups in total. The van der Waals surface area contributed by atoms with Crippen LogP contribution in [-0.4, -0.2) is 43.0 Å². The molecule has 1 saturated heterocycles. The van der Waals surface area contributed by atoms with Crippen LogP contribution in [0.4, 0.5) is 0 Å². The molecule has 1 aromatic rings. The van der Waals surface area contributed by atoms with E-state index in [1.807, 2.05) is 24.3 Å². The van der Waals surface area contributed by atoms with Crippen LogP contribution in [-0.2, 0) is 4.79 Å². The lowest BCUT2D eigenvalue weighted by Crippen LogP contribution is -2.44. The van der Waals surface area contributed by atoms with Gasteiger partial charge in [0, 0.05) is 25.1 Å². The molecule has 6 nitrogen and oxygen atoms in total. The zero-order valence-electron chi connectivity index (χ0n) is 14.6. The van der Waals surface area contributed by atoms with Crippen molar-refractivity contribution in [1.82, 2.24) is 10.2 Å². The number of guanidine groups is 1. The first-order valence-corrected chi connectivity index (χ1v) is 8.69. The van der Waals surface area contributed by atoms with Crippen LogP contribution in [0.5, 0.6) is 5.75 Å². The molecule has 0 aliphatic carbocycles. The summed E-state index contributed by atoms with van der Waals surface area (Å²) in [6.07, 6.45) is 3.13. The van der Waals surface area contributed by atoms with Gasteiger partial charge in [-0.05, 0) is 24.8 Å². The van der Waals surface area contributed by atoms with Crippen LogP contribution in [0.1, 0.15) is 37.8 Å². The number of nitrogens with one attached hydrogen (secondary N) is 1. The SMILES string of the molecule is CC1CCCN(C(N)=NCC(=O)NC2CCOc3ccccc32)C1.I. The fraction of sp³-hybridized carbons (Fsp3) is 0.556. The Hall–Kier alpha value is -1.51. The van der Waals surface area contributed by atoms with E-state index in [0.717, 1.165) is 37.2 Å². The Morgan fingerprint density at radius 2 is 2.20 bits per heavy atom. The molecule has 3 rings (SSSR count). The largest absolute Gasteiger partial charge is 0.493 e. The predicted octanol–water partition coefficient (Wildman–Crippen LogP) is 2.29. The number of carbonyl (C=O) groups is 1. The average molecular weight is 458 g/mol. The molecule has 138 valence electrons. The van der Waals surface area contributed by atoms with Crippen molar-refractivity contribution in [3.63, 3.8) is 0 Å². The number of carbonyl (C=O) groups excluding carboxylic acids is 1. The summed E-state index contributed by atoms with van der Waals surface area (Å²) < 4.78 is 5.62. The second-order valence-electron chi connectivity index (χ2n) is 6.66. The molecule has 0 bridgehead atoms. The molecule has 1 amide bonds. The van der Waals surface area contributed by atoms with Crippen LogP contribution in [0.15, 0.2) is 29.3 Å². The number of halogens is 1. The number of nitrogens with two attached hydrogens (primary N) is 1. The molecule has 2 heterocycles. The molecule has 25 heavy (non-hydrogen) atoms. The van der Waals surface area contributed by atoms with Crippen LogP contribution in [0.3, 0.4) is 0 Å². The van der Waals surface area contributed by atoms with Crippen LogP contribution in [0.25, 0.3) is 0 Å². The zero-order valence-corrected chi connectivity index (χ0v) is 16.9. The van der Waals surface area contributed by atoms with Crippen LogP contribution in [0.2, 0.25) is 0 Å². The smallest absolute Gasteiger partial charge is 0.242 e. The maximum Gasteiger partial charge on any atom is 0.242 e. The topological polar surface area (TPSA) is 80.0 Å². The minimum Gasteiger partial charge on any atom is -0.493 e. The Morgan fingerprint density at radius 3 is 3.00 bits per heavy atom. The molecule has 1 fully saturated rings. The number of benzene rings is 1. The van der Waals surface area contributed by atoms with E-state index in [1.54, 1.807) is 0 Å². The van der Waals surface area contributed by atoms with E-state index in [4.69, 9.17) is 10.5 Å². The number of amides is 1. The summed E-state index contributed by atoms with van der Waals surface area (Å²) in [5.41, 5.74) is 7.07. The Bertz CT molecular complexity index is 623. The highest BCUT2D eigenvalue weighted by molar-refractivity contribution is 14.0. The van der Waals surface area contributed by atoms with Crippen LogP contribution in [0, 0.1) is 5.92 Å². The highest BCUT2D eigenvalue weighted by Crippen LogP contribution is 2.31. The Labute approximate surface area is 166 Å². The van der Waals surface area contributed by atoms with E-state index < -0.39 is 0 Å². The molecule has 2 atom stereocenters. The third kappa shape index (κ3) is 5.23. The third-order valence-corrected chi connectivity index (χ3v) is 4.66. The van der Waals surface area contributed by atoms with Crippen molar-refractivity contribution in [2.75, 3.05) is 26.2 Å². The monoisotopic (exact) mass is 458 g/mol. The molecular formula is C18H27IN4O2. The number of hydrogen-bond donors (Lipinski definition) is 2. The summed E-state index contributed by atoms with van der Waals surface area (Å²) in [6, 6.07) is 7.80. The molecule has 7 heteroatoms. The van der Waals surface area contributed by atoms with Gasteiger partial charge in [0.1, 0.15) is 12.3 Å². The van der Waals surface area contributed by atoms with Gasteiger partial charge in [-0.15, -0.1) is 24.0 Å². The lowest BCUT2D eigenvalue weighted by Gasteiger charge is -2.31. The number of para-hydroxylation sites is 1. The van der Waals surface area contributed by atoms with Gasteiger partial charge in [-0.3, -0.25) is 4.79 Å². The predicted molar refractivity (Wildman–Crippen MR) is 109 cm³/mol. The summed E-state index contributed by atoms with van der Waals surface area (Å²) in [5, 5.41) is 3.04. The second kappa shape index (κ2) is 9.26. The average Bonchev–Trinajstić information content (AvgIpc) is 2.60. The van der Waals surface area contributed by atoms with Gasteiger partial charge >= 0.3 is 0 Å². The van der Waals surface area contributed by atoms with E-state index in [-0.39, 0.29) is 42.5 Å². The minimum absolute atomic E-state index is 0. The number of aliphatic imine (C=N–C) groups is 1.